The first-order valence-corrected chi connectivity index (χ1v) is 15.1. The van der Waals surface area contributed by atoms with Crippen LogP contribution in [0, 0.1) is 6.92 Å². The monoisotopic (exact) mass is 595 g/mol. The molecule has 41 heavy (non-hydrogen) atoms. The summed E-state index contributed by atoms with van der Waals surface area (Å²) < 4.78 is 6.49. The van der Waals surface area contributed by atoms with Gasteiger partial charge >= 0.3 is 0 Å². The van der Waals surface area contributed by atoms with Crippen molar-refractivity contribution in [3.8, 4) is 5.75 Å². The second kappa shape index (κ2) is 13.7. The standard InChI is InChI=1S/C25H28ClN3O3.C6H5Cl.C2H6/c1-15-3-6-21(32-17-8-11-29(2)12-9-17)18(13-15)23-25(10-7-22(30)28-23)19-5-4-16(26)14-20(19)27-24(25)31;7-6-4-2-1-3-5-6;1-2/h3-6,13-14,17,23H,7-12H2,1-2H3,(H,27,31)(H,28,30);1-5H;1-2H3/t23-,25-;;/m1../s1. The maximum absolute atomic E-state index is 13.5. The number of likely N-dealkylation sites (tertiary alicyclic amines) is 1. The van der Waals surface area contributed by atoms with E-state index in [1.165, 1.54) is 0 Å². The Morgan fingerprint density at radius 3 is 2.29 bits per heavy atom. The van der Waals surface area contributed by atoms with Crippen LogP contribution in [0.25, 0.3) is 0 Å². The van der Waals surface area contributed by atoms with Gasteiger partial charge in [-0.2, -0.15) is 0 Å². The van der Waals surface area contributed by atoms with Crippen molar-refractivity contribution >= 4 is 40.7 Å². The van der Waals surface area contributed by atoms with Gasteiger partial charge in [0.05, 0.1) is 6.04 Å². The Bertz CT molecular complexity index is 1360. The quantitative estimate of drug-likeness (QED) is 0.332. The van der Waals surface area contributed by atoms with Gasteiger partial charge in [-0.15, -0.1) is 0 Å². The molecule has 218 valence electrons. The molecule has 2 saturated heterocycles. The first kappa shape index (κ1) is 30.9. The Morgan fingerprint density at radius 2 is 1.63 bits per heavy atom. The lowest BCUT2D eigenvalue weighted by Gasteiger charge is -2.41. The average molecular weight is 597 g/mol. The van der Waals surface area contributed by atoms with Crippen LogP contribution in [0.15, 0.2) is 66.7 Å². The highest BCUT2D eigenvalue weighted by molar-refractivity contribution is 6.31. The number of piperidine rings is 2. The van der Waals surface area contributed by atoms with E-state index in [0.717, 1.165) is 53.4 Å². The lowest BCUT2D eigenvalue weighted by Crippen LogP contribution is -2.52. The number of ether oxygens (including phenoxy) is 1. The van der Waals surface area contributed by atoms with Gasteiger partial charge in [-0.05, 0) is 69.1 Å². The topological polar surface area (TPSA) is 70.7 Å². The minimum atomic E-state index is -0.896. The second-order valence-electron chi connectivity index (χ2n) is 10.6. The summed E-state index contributed by atoms with van der Waals surface area (Å²) in [5.41, 5.74) is 2.61. The molecule has 3 aromatic rings. The third-order valence-electron chi connectivity index (χ3n) is 7.83. The Hall–Kier alpha value is -3.06. The Morgan fingerprint density at radius 1 is 0.927 bits per heavy atom. The van der Waals surface area contributed by atoms with Crippen molar-refractivity contribution in [2.24, 2.45) is 0 Å². The van der Waals surface area contributed by atoms with Gasteiger partial charge < -0.3 is 20.3 Å². The molecule has 3 aliphatic heterocycles. The summed E-state index contributed by atoms with van der Waals surface area (Å²) in [5.74, 6) is 0.584. The van der Waals surface area contributed by atoms with Crippen molar-refractivity contribution in [1.82, 2.24) is 10.2 Å². The third-order valence-corrected chi connectivity index (χ3v) is 8.32. The zero-order valence-corrected chi connectivity index (χ0v) is 25.7. The number of halogens is 2. The van der Waals surface area contributed by atoms with E-state index in [-0.39, 0.29) is 17.9 Å². The van der Waals surface area contributed by atoms with Crippen LogP contribution in [0.3, 0.4) is 0 Å². The van der Waals surface area contributed by atoms with Crippen LogP contribution in [-0.2, 0) is 15.0 Å². The fourth-order valence-corrected chi connectivity index (χ4v) is 6.07. The molecule has 1 spiro atoms. The van der Waals surface area contributed by atoms with Crippen molar-refractivity contribution in [3.63, 3.8) is 0 Å². The highest BCUT2D eigenvalue weighted by atomic mass is 35.5. The van der Waals surface area contributed by atoms with Crippen LogP contribution >= 0.6 is 23.2 Å². The predicted octanol–water partition coefficient (Wildman–Crippen LogP) is 7.33. The molecule has 0 saturated carbocycles. The molecule has 2 fully saturated rings. The van der Waals surface area contributed by atoms with E-state index in [4.69, 9.17) is 27.9 Å². The zero-order valence-electron chi connectivity index (χ0n) is 24.2. The van der Waals surface area contributed by atoms with Gasteiger partial charge in [0.1, 0.15) is 17.3 Å². The van der Waals surface area contributed by atoms with Crippen molar-refractivity contribution in [1.29, 1.82) is 0 Å². The van der Waals surface area contributed by atoms with E-state index in [1.54, 1.807) is 6.07 Å². The Kier molecular flexibility index (Phi) is 10.3. The molecule has 0 aromatic heterocycles. The number of carbonyl (C=O) groups excluding carboxylic acids is 2. The summed E-state index contributed by atoms with van der Waals surface area (Å²) in [4.78, 5) is 28.4. The van der Waals surface area contributed by atoms with Crippen LogP contribution in [0.4, 0.5) is 5.69 Å². The number of carbonyl (C=O) groups is 2. The van der Waals surface area contributed by atoms with E-state index >= 15 is 0 Å². The summed E-state index contributed by atoms with van der Waals surface area (Å²) in [5, 5.41) is 7.52. The van der Waals surface area contributed by atoms with E-state index < -0.39 is 11.5 Å². The molecule has 3 aromatic carbocycles. The van der Waals surface area contributed by atoms with Gasteiger partial charge in [-0.1, -0.05) is 79.0 Å². The largest absolute Gasteiger partial charge is 0.490 e. The van der Waals surface area contributed by atoms with Crippen molar-refractivity contribution in [2.75, 3.05) is 25.5 Å². The van der Waals surface area contributed by atoms with Gasteiger partial charge in [-0.3, -0.25) is 9.59 Å². The number of nitrogens with zero attached hydrogens (tertiary/aromatic N) is 1. The lowest BCUT2D eigenvalue weighted by molar-refractivity contribution is -0.130. The number of rotatable bonds is 3. The summed E-state index contributed by atoms with van der Waals surface area (Å²) in [6.07, 6.45) is 2.75. The SMILES string of the molecule is CC.Cc1ccc(OC2CCN(C)CC2)c([C@H]2NC(=O)CC[C@]23C(=O)Nc2cc(Cl)ccc23)c1.Clc1ccccc1. The molecule has 0 radical (unpaired) electrons. The zero-order chi connectivity index (χ0) is 29.6. The fraction of sp³-hybridized carbons (Fsp3) is 0.394. The fourth-order valence-electron chi connectivity index (χ4n) is 5.75. The van der Waals surface area contributed by atoms with E-state index in [9.17, 15) is 9.59 Å². The summed E-state index contributed by atoms with van der Waals surface area (Å²) in [6, 6.07) is 20.5. The molecule has 6 rings (SSSR count). The number of amides is 2. The normalized spacial score (nSPS) is 22.0. The molecule has 2 amide bonds. The molecular formula is C33H39Cl2N3O3. The van der Waals surface area contributed by atoms with Crippen LogP contribution in [0.5, 0.6) is 5.75 Å². The smallest absolute Gasteiger partial charge is 0.237 e. The molecule has 0 bridgehead atoms. The summed E-state index contributed by atoms with van der Waals surface area (Å²) in [7, 11) is 2.12. The number of hydrogen-bond donors (Lipinski definition) is 2. The number of fused-ring (bicyclic) bond motifs is 2. The highest BCUT2D eigenvalue weighted by Gasteiger charge is 2.56. The van der Waals surface area contributed by atoms with Gasteiger partial charge in [0.15, 0.2) is 0 Å². The Balaban J connectivity index is 0.000000372. The van der Waals surface area contributed by atoms with E-state index in [2.05, 4.69) is 22.6 Å². The first-order chi connectivity index (χ1) is 19.8. The van der Waals surface area contributed by atoms with Crippen molar-refractivity contribution < 1.29 is 14.3 Å². The van der Waals surface area contributed by atoms with Gasteiger partial charge in [0, 0.05) is 40.8 Å². The maximum atomic E-state index is 13.5. The van der Waals surface area contributed by atoms with Crippen LogP contribution in [0.2, 0.25) is 10.0 Å². The molecule has 3 aliphatic rings. The van der Waals surface area contributed by atoms with Crippen molar-refractivity contribution in [3.05, 3.63) is 93.5 Å². The number of benzene rings is 3. The molecule has 6 nitrogen and oxygen atoms in total. The number of aryl methyl sites for hydroxylation is 1. The van der Waals surface area contributed by atoms with Gasteiger partial charge in [0.2, 0.25) is 11.8 Å². The van der Waals surface area contributed by atoms with E-state index in [1.807, 2.05) is 81.4 Å². The number of nitrogens with one attached hydrogen (secondary N) is 2. The van der Waals surface area contributed by atoms with Crippen molar-refractivity contribution in [2.45, 2.75) is 64.0 Å². The molecule has 3 heterocycles. The first-order valence-electron chi connectivity index (χ1n) is 14.3. The van der Waals surface area contributed by atoms with Crippen LogP contribution in [0.1, 0.15) is 62.3 Å². The molecule has 0 unspecified atom stereocenters. The number of anilines is 1. The number of hydrogen-bond acceptors (Lipinski definition) is 4. The summed E-state index contributed by atoms with van der Waals surface area (Å²) in [6.45, 7) is 8.00. The molecule has 2 atom stereocenters. The van der Waals surface area contributed by atoms with Gasteiger partial charge in [0.25, 0.3) is 0 Å². The lowest BCUT2D eigenvalue weighted by atomic mass is 9.67. The molecule has 0 aliphatic carbocycles. The molecular weight excluding hydrogens is 557 g/mol. The molecule has 8 heteroatoms. The summed E-state index contributed by atoms with van der Waals surface area (Å²) >= 11 is 11.7. The molecule has 2 N–H and O–H groups in total. The van der Waals surface area contributed by atoms with Crippen LogP contribution < -0.4 is 15.4 Å². The Labute approximate surface area is 253 Å². The average Bonchev–Trinajstić information content (AvgIpc) is 3.24. The van der Waals surface area contributed by atoms with E-state index in [0.29, 0.717) is 23.6 Å². The minimum absolute atomic E-state index is 0.0532. The third kappa shape index (κ3) is 6.88. The highest BCUT2D eigenvalue weighted by Crippen LogP contribution is 2.52. The van der Waals surface area contributed by atoms with Crippen LogP contribution in [-0.4, -0.2) is 43.0 Å². The second-order valence-corrected chi connectivity index (χ2v) is 11.4. The van der Waals surface area contributed by atoms with Gasteiger partial charge in [-0.25, -0.2) is 0 Å². The minimum Gasteiger partial charge on any atom is -0.490 e. The predicted molar refractivity (Wildman–Crippen MR) is 167 cm³/mol. The maximum Gasteiger partial charge on any atom is 0.237 e.